The monoisotopic (exact) mass is 291 g/mol. The summed E-state index contributed by atoms with van der Waals surface area (Å²) in [7, 11) is 5.75. The summed E-state index contributed by atoms with van der Waals surface area (Å²) >= 11 is 0. The zero-order chi connectivity index (χ0) is 15.2. The van der Waals surface area contributed by atoms with Crippen LogP contribution < -0.4 is 4.90 Å². The van der Waals surface area contributed by atoms with Gasteiger partial charge in [0.05, 0.1) is 0 Å². The Morgan fingerprint density at radius 3 is 2.57 bits per heavy atom. The molecule has 2 amide bonds. The molecule has 2 heterocycles. The number of amides is 2. The van der Waals surface area contributed by atoms with Gasteiger partial charge in [-0.05, 0) is 19.2 Å². The summed E-state index contributed by atoms with van der Waals surface area (Å²) in [5.41, 5.74) is 0. The molecule has 0 aliphatic carbocycles. The van der Waals surface area contributed by atoms with Crippen LogP contribution in [0.2, 0.25) is 0 Å². The van der Waals surface area contributed by atoms with Crippen molar-refractivity contribution in [2.45, 2.75) is 0 Å². The van der Waals surface area contributed by atoms with E-state index in [0.717, 1.165) is 39.3 Å². The van der Waals surface area contributed by atoms with Crippen molar-refractivity contribution in [3.05, 3.63) is 24.4 Å². The predicted molar refractivity (Wildman–Crippen MR) is 84.6 cm³/mol. The van der Waals surface area contributed by atoms with E-state index in [-0.39, 0.29) is 6.03 Å². The number of urea groups is 1. The summed E-state index contributed by atoms with van der Waals surface area (Å²) in [5, 5.41) is 0. The first-order valence-corrected chi connectivity index (χ1v) is 7.38. The molecule has 1 aliphatic rings. The molecule has 0 atom stereocenters. The first kappa shape index (κ1) is 15.7. The van der Waals surface area contributed by atoms with Gasteiger partial charge in [-0.3, -0.25) is 9.80 Å². The molecule has 1 aliphatic heterocycles. The lowest BCUT2D eigenvalue weighted by Gasteiger charge is -2.33. The zero-order valence-corrected chi connectivity index (χ0v) is 13.2. The first-order valence-electron chi connectivity index (χ1n) is 7.38. The molecule has 6 heteroatoms. The van der Waals surface area contributed by atoms with E-state index in [4.69, 9.17) is 0 Å². The molecule has 116 valence electrons. The number of nitrogens with zero attached hydrogens (tertiary/aromatic N) is 5. The lowest BCUT2D eigenvalue weighted by Crippen LogP contribution is -2.48. The van der Waals surface area contributed by atoms with Crippen molar-refractivity contribution in [3.8, 4) is 0 Å². The quantitative estimate of drug-likeness (QED) is 0.824. The number of likely N-dealkylation sites (N-methyl/N-ethyl adjacent to an activating group) is 2. The summed E-state index contributed by atoms with van der Waals surface area (Å²) in [6.07, 6.45) is 1.70. The highest BCUT2D eigenvalue weighted by Crippen LogP contribution is 2.09. The third-order valence-corrected chi connectivity index (χ3v) is 3.95. The average Bonchev–Trinajstić information content (AvgIpc) is 2.53. The van der Waals surface area contributed by atoms with Crippen LogP contribution in [0, 0.1) is 0 Å². The average molecular weight is 291 g/mol. The second-order valence-electron chi connectivity index (χ2n) is 5.60. The fourth-order valence-electron chi connectivity index (χ4n) is 2.36. The highest BCUT2D eigenvalue weighted by Gasteiger charge is 2.18. The van der Waals surface area contributed by atoms with Gasteiger partial charge in [-0.1, -0.05) is 6.07 Å². The second kappa shape index (κ2) is 7.38. The summed E-state index contributed by atoms with van der Waals surface area (Å²) in [6, 6.07) is 5.55. The van der Waals surface area contributed by atoms with E-state index >= 15 is 0 Å². The van der Waals surface area contributed by atoms with Crippen molar-refractivity contribution in [2.75, 3.05) is 65.3 Å². The van der Waals surface area contributed by atoms with Crippen LogP contribution >= 0.6 is 0 Å². The minimum atomic E-state index is -0.0252. The number of aromatic nitrogens is 1. The topological polar surface area (TPSA) is 42.9 Å². The Morgan fingerprint density at radius 2 is 1.95 bits per heavy atom. The van der Waals surface area contributed by atoms with Crippen LogP contribution in [0.25, 0.3) is 0 Å². The maximum Gasteiger partial charge on any atom is 0.325 e. The number of hydrogen-bond acceptors (Lipinski definition) is 4. The summed E-state index contributed by atoms with van der Waals surface area (Å²) in [6.45, 7) is 6.02. The van der Waals surface area contributed by atoms with Crippen LogP contribution in [0.1, 0.15) is 0 Å². The Bertz CT molecular complexity index is 445. The molecule has 0 aromatic carbocycles. The maximum atomic E-state index is 12.4. The van der Waals surface area contributed by atoms with E-state index in [1.807, 2.05) is 25.2 Å². The van der Waals surface area contributed by atoms with Crippen molar-refractivity contribution in [1.82, 2.24) is 19.7 Å². The molecule has 0 N–H and O–H groups in total. The van der Waals surface area contributed by atoms with Crippen LogP contribution in [0.3, 0.4) is 0 Å². The van der Waals surface area contributed by atoms with Gasteiger partial charge in [-0.25, -0.2) is 9.78 Å². The molecule has 0 bridgehead atoms. The molecule has 2 rings (SSSR count). The number of carbonyl (C=O) groups excluding carboxylic acids is 1. The third-order valence-electron chi connectivity index (χ3n) is 3.95. The van der Waals surface area contributed by atoms with E-state index < -0.39 is 0 Å². The van der Waals surface area contributed by atoms with Gasteiger partial charge in [0.25, 0.3) is 0 Å². The van der Waals surface area contributed by atoms with Gasteiger partial charge >= 0.3 is 6.03 Å². The van der Waals surface area contributed by atoms with Gasteiger partial charge in [0.15, 0.2) is 0 Å². The first-order chi connectivity index (χ1) is 10.1. The molecular weight excluding hydrogens is 266 g/mol. The third kappa shape index (κ3) is 4.41. The second-order valence-corrected chi connectivity index (χ2v) is 5.60. The number of piperazine rings is 1. The smallest absolute Gasteiger partial charge is 0.325 e. The highest BCUT2D eigenvalue weighted by molar-refractivity contribution is 5.90. The van der Waals surface area contributed by atoms with Crippen LogP contribution in [0.15, 0.2) is 24.4 Å². The molecule has 0 radical (unpaired) electrons. The van der Waals surface area contributed by atoms with Crippen LogP contribution in [-0.2, 0) is 0 Å². The molecule has 0 saturated carbocycles. The standard InChI is InChI=1S/C15H25N5O/c1-17-8-11-20(12-9-17)13-10-18(2)15(21)19(3)14-6-4-5-7-16-14/h4-7H,8-13H2,1-3H3. The van der Waals surface area contributed by atoms with Gasteiger partial charge in [0.2, 0.25) is 0 Å². The van der Waals surface area contributed by atoms with Crippen LogP contribution in [0.4, 0.5) is 10.6 Å². The molecule has 1 saturated heterocycles. The van der Waals surface area contributed by atoms with E-state index in [0.29, 0.717) is 5.82 Å². The minimum absolute atomic E-state index is 0.0252. The Balaban J connectivity index is 1.80. The van der Waals surface area contributed by atoms with E-state index in [2.05, 4.69) is 21.8 Å². The maximum absolute atomic E-state index is 12.4. The lowest BCUT2D eigenvalue weighted by atomic mass is 10.3. The molecule has 0 spiro atoms. The molecule has 0 unspecified atom stereocenters. The van der Waals surface area contributed by atoms with Gasteiger partial charge in [0.1, 0.15) is 5.82 Å². The number of hydrogen-bond donors (Lipinski definition) is 0. The van der Waals surface area contributed by atoms with Crippen LogP contribution in [0.5, 0.6) is 0 Å². The van der Waals surface area contributed by atoms with Gasteiger partial charge in [0, 0.05) is 59.6 Å². The summed E-state index contributed by atoms with van der Waals surface area (Å²) < 4.78 is 0. The normalized spacial score (nSPS) is 16.7. The Morgan fingerprint density at radius 1 is 1.24 bits per heavy atom. The predicted octanol–water partition coefficient (Wildman–Crippen LogP) is 0.817. The fraction of sp³-hybridized carbons (Fsp3) is 0.600. The Labute approximate surface area is 126 Å². The molecular formula is C15H25N5O. The molecule has 1 fully saturated rings. The van der Waals surface area contributed by atoms with Crippen molar-refractivity contribution in [1.29, 1.82) is 0 Å². The van der Waals surface area contributed by atoms with Gasteiger partial charge < -0.3 is 9.80 Å². The minimum Gasteiger partial charge on any atom is -0.326 e. The van der Waals surface area contributed by atoms with E-state index in [1.165, 1.54) is 0 Å². The van der Waals surface area contributed by atoms with Crippen molar-refractivity contribution >= 4 is 11.8 Å². The highest BCUT2D eigenvalue weighted by atomic mass is 16.2. The van der Waals surface area contributed by atoms with E-state index in [1.54, 1.807) is 23.0 Å². The van der Waals surface area contributed by atoms with E-state index in [9.17, 15) is 4.79 Å². The number of rotatable bonds is 4. The molecule has 21 heavy (non-hydrogen) atoms. The number of carbonyl (C=O) groups is 1. The zero-order valence-electron chi connectivity index (χ0n) is 13.2. The SMILES string of the molecule is CN1CCN(CCN(C)C(=O)N(C)c2ccccn2)CC1. The fourth-order valence-corrected chi connectivity index (χ4v) is 2.36. The van der Waals surface area contributed by atoms with Crippen LogP contribution in [-0.4, -0.2) is 86.1 Å². The summed E-state index contributed by atoms with van der Waals surface area (Å²) in [4.78, 5) is 24.6. The number of anilines is 1. The van der Waals surface area contributed by atoms with Gasteiger partial charge in [-0.2, -0.15) is 0 Å². The number of pyridine rings is 1. The summed E-state index contributed by atoms with van der Waals surface area (Å²) in [5.74, 6) is 0.675. The molecule has 1 aromatic heterocycles. The Kier molecular flexibility index (Phi) is 5.52. The Hall–Kier alpha value is -1.66. The lowest BCUT2D eigenvalue weighted by molar-refractivity contribution is 0.143. The largest absolute Gasteiger partial charge is 0.326 e. The van der Waals surface area contributed by atoms with Crippen molar-refractivity contribution in [3.63, 3.8) is 0 Å². The van der Waals surface area contributed by atoms with Gasteiger partial charge in [-0.15, -0.1) is 0 Å². The molecule has 6 nitrogen and oxygen atoms in total. The van der Waals surface area contributed by atoms with Crippen molar-refractivity contribution < 1.29 is 4.79 Å². The molecule has 1 aromatic rings. The van der Waals surface area contributed by atoms with Crippen molar-refractivity contribution in [2.24, 2.45) is 0 Å².